The quantitative estimate of drug-likeness (QED) is 0.352. The summed E-state index contributed by atoms with van der Waals surface area (Å²) in [6, 6.07) is 5.29. The lowest BCUT2D eigenvalue weighted by molar-refractivity contribution is -0.0207. The maximum atomic E-state index is 13.9. The molecular formula is C27H38N6O6S. The molecule has 13 heteroatoms. The highest BCUT2D eigenvalue weighted by Gasteiger charge is 2.39. The van der Waals surface area contributed by atoms with Crippen LogP contribution in [-0.2, 0) is 19.5 Å². The van der Waals surface area contributed by atoms with Crippen molar-refractivity contribution < 1.29 is 27.4 Å². The van der Waals surface area contributed by atoms with Gasteiger partial charge in [0.25, 0.3) is 0 Å². The molecule has 0 amide bonds. The Labute approximate surface area is 235 Å². The molecule has 1 aromatic carbocycles. The van der Waals surface area contributed by atoms with E-state index in [1.165, 1.54) is 14.2 Å². The predicted molar refractivity (Wildman–Crippen MR) is 149 cm³/mol. The fourth-order valence-corrected chi connectivity index (χ4v) is 5.70. The van der Waals surface area contributed by atoms with Crippen LogP contribution in [0.4, 0.5) is 5.95 Å². The van der Waals surface area contributed by atoms with E-state index in [0.717, 1.165) is 12.0 Å². The summed E-state index contributed by atoms with van der Waals surface area (Å²) >= 11 is 0. The molecule has 1 N–H and O–H groups in total. The van der Waals surface area contributed by atoms with E-state index in [4.69, 9.17) is 18.9 Å². The van der Waals surface area contributed by atoms with Gasteiger partial charge >= 0.3 is 0 Å². The van der Waals surface area contributed by atoms with Crippen LogP contribution in [-0.4, -0.2) is 64.3 Å². The van der Waals surface area contributed by atoms with Gasteiger partial charge in [0.1, 0.15) is 34.6 Å². The molecule has 2 aromatic heterocycles. The van der Waals surface area contributed by atoms with Gasteiger partial charge in [-0.05, 0) is 72.1 Å². The smallest absolute Gasteiger partial charge is 0.243 e. The number of ether oxygens (including phenoxy) is 4. The SMILES string of the molecule is COc1cccc(OC)c1-n1c(NS(=O)(=O)[C@@H](C)[C@@H](OC(C)C)c2ncc(C)cn2)nnc1[C@@H]1CCC(C)(C)O1. The number of aryl methyl sites for hydroxylation is 1. The molecule has 3 heterocycles. The molecule has 3 aromatic rings. The maximum absolute atomic E-state index is 13.9. The summed E-state index contributed by atoms with van der Waals surface area (Å²) in [7, 11) is -1.07. The Hall–Kier alpha value is -3.29. The Morgan fingerprint density at radius 2 is 1.70 bits per heavy atom. The zero-order chi connectivity index (χ0) is 29.2. The number of aromatic nitrogens is 5. The Morgan fingerprint density at radius 1 is 1.07 bits per heavy atom. The monoisotopic (exact) mass is 574 g/mol. The van der Waals surface area contributed by atoms with Gasteiger partial charge in [0, 0.05) is 12.4 Å². The van der Waals surface area contributed by atoms with Gasteiger partial charge in [-0.2, -0.15) is 0 Å². The zero-order valence-corrected chi connectivity index (χ0v) is 25.0. The van der Waals surface area contributed by atoms with E-state index in [1.807, 2.05) is 34.6 Å². The number of methoxy groups -OCH3 is 2. The van der Waals surface area contributed by atoms with Gasteiger partial charge in [0.15, 0.2) is 11.6 Å². The minimum atomic E-state index is -4.12. The van der Waals surface area contributed by atoms with Crippen LogP contribution >= 0.6 is 0 Å². The van der Waals surface area contributed by atoms with Crippen molar-refractivity contribution in [3.8, 4) is 17.2 Å². The van der Waals surface area contributed by atoms with Crippen LogP contribution < -0.4 is 14.2 Å². The first kappa shape index (κ1) is 29.7. The number of sulfonamides is 1. The van der Waals surface area contributed by atoms with Gasteiger partial charge in [0.2, 0.25) is 16.0 Å². The molecule has 0 aliphatic carbocycles. The standard InChI is InChI=1S/C27H38N6O6S/c1-16(2)38-23(24-28-14-17(3)15-29-24)18(4)40(34,35)32-26-31-30-25(21-12-13-27(5,6)39-21)33(26)22-19(36-7)10-9-11-20(22)37-8/h9-11,14-16,18,21,23H,12-13H2,1-8H3,(H,31,32)/t18-,21-,23+/m0/s1. The van der Waals surface area contributed by atoms with E-state index in [0.29, 0.717) is 29.4 Å². The minimum absolute atomic E-state index is 0.0360. The average molecular weight is 575 g/mol. The first-order valence-corrected chi connectivity index (χ1v) is 14.7. The summed E-state index contributed by atoms with van der Waals surface area (Å²) < 4.78 is 55.5. The third kappa shape index (κ3) is 6.21. The lowest BCUT2D eigenvalue weighted by atomic mass is 10.1. The maximum Gasteiger partial charge on any atom is 0.243 e. The second-order valence-corrected chi connectivity index (χ2v) is 12.7. The van der Waals surface area contributed by atoms with Crippen LogP contribution in [0.3, 0.4) is 0 Å². The molecular weight excluding hydrogens is 536 g/mol. The van der Waals surface area contributed by atoms with Crippen LogP contribution in [0.5, 0.6) is 11.5 Å². The Kier molecular flexibility index (Phi) is 8.66. The van der Waals surface area contributed by atoms with Crippen LogP contribution in [0, 0.1) is 6.92 Å². The zero-order valence-electron chi connectivity index (χ0n) is 24.2. The second kappa shape index (κ2) is 11.7. The van der Waals surface area contributed by atoms with Crippen molar-refractivity contribution in [2.45, 2.75) is 83.5 Å². The normalized spacial score (nSPS) is 18.5. The van der Waals surface area contributed by atoms with Gasteiger partial charge < -0.3 is 18.9 Å². The number of anilines is 1. The molecule has 1 fully saturated rings. The molecule has 3 atom stereocenters. The molecule has 0 saturated carbocycles. The highest BCUT2D eigenvalue weighted by molar-refractivity contribution is 7.93. The highest BCUT2D eigenvalue weighted by Crippen LogP contribution is 2.43. The van der Waals surface area contributed by atoms with Gasteiger partial charge in [0.05, 0.1) is 25.9 Å². The van der Waals surface area contributed by atoms with Crippen LogP contribution in [0.2, 0.25) is 0 Å². The summed E-state index contributed by atoms with van der Waals surface area (Å²) in [5.74, 6) is 1.55. The number of hydrogen-bond acceptors (Lipinski definition) is 10. The molecule has 4 rings (SSSR count). The number of hydrogen-bond donors (Lipinski definition) is 1. The van der Waals surface area contributed by atoms with Crippen LogP contribution in [0.15, 0.2) is 30.6 Å². The minimum Gasteiger partial charge on any atom is -0.494 e. The lowest BCUT2D eigenvalue weighted by Gasteiger charge is -2.26. The van der Waals surface area contributed by atoms with Gasteiger partial charge in [-0.25, -0.2) is 18.4 Å². The van der Waals surface area contributed by atoms with E-state index >= 15 is 0 Å². The summed E-state index contributed by atoms with van der Waals surface area (Å²) in [6.07, 6.45) is 3.11. The molecule has 40 heavy (non-hydrogen) atoms. The van der Waals surface area contributed by atoms with Crippen molar-refractivity contribution in [1.82, 2.24) is 24.7 Å². The van der Waals surface area contributed by atoms with Crippen molar-refractivity contribution in [1.29, 1.82) is 0 Å². The molecule has 0 radical (unpaired) electrons. The number of nitrogens with one attached hydrogen (secondary N) is 1. The number of nitrogens with zero attached hydrogens (tertiary/aromatic N) is 5. The fraction of sp³-hybridized carbons (Fsp3) is 0.556. The topological polar surface area (TPSA) is 140 Å². The van der Waals surface area contributed by atoms with E-state index < -0.39 is 27.5 Å². The van der Waals surface area contributed by atoms with E-state index in [1.54, 1.807) is 42.1 Å². The molecule has 0 bridgehead atoms. The van der Waals surface area contributed by atoms with Gasteiger partial charge in [-0.3, -0.25) is 9.29 Å². The third-order valence-corrected chi connectivity index (χ3v) is 8.39. The first-order chi connectivity index (χ1) is 18.9. The Balaban J connectivity index is 1.80. The van der Waals surface area contributed by atoms with Crippen molar-refractivity contribution in [2.75, 3.05) is 18.9 Å². The van der Waals surface area contributed by atoms with E-state index in [2.05, 4.69) is 24.9 Å². The predicted octanol–water partition coefficient (Wildman–Crippen LogP) is 4.31. The van der Waals surface area contributed by atoms with Gasteiger partial charge in [-0.1, -0.05) is 6.07 Å². The van der Waals surface area contributed by atoms with Gasteiger partial charge in [-0.15, -0.1) is 10.2 Å². The third-order valence-electron chi connectivity index (χ3n) is 6.69. The summed E-state index contributed by atoms with van der Waals surface area (Å²) in [6.45, 7) is 11.1. The molecule has 0 unspecified atom stereocenters. The number of benzene rings is 1. The summed E-state index contributed by atoms with van der Waals surface area (Å²) in [5.41, 5.74) is 0.933. The van der Waals surface area contributed by atoms with E-state index in [9.17, 15) is 8.42 Å². The van der Waals surface area contributed by atoms with Crippen molar-refractivity contribution >= 4 is 16.0 Å². The average Bonchev–Trinajstić information content (AvgIpc) is 3.48. The summed E-state index contributed by atoms with van der Waals surface area (Å²) in [5, 5.41) is 7.57. The molecule has 0 spiro atoms. The Bertz CT molecular complexity index is 1400. The molecule has 1 aliphatic heterocycles. The molecule has 12 nitrogen and oxygen atoms in total. The van der Waals surface area contributed by atoms with Crippen LogP contribution in [0.25, 0.3) is 5.69 Å². The van der Waals surface area contributed by atoms with E-state index in [-0.39, 0.29) is 23.5 Å². The fourth-order valence-electron chi connectivity index (χ4n) is 4.61. The lowest BCUT2D eigenvalue weighted by Crippen LogP contribution is -2.35. The highest BCUT2D eigenvalue weighted by atomic mass is 32.2. The van der Waals surface area contributed by atoms with Crippen molar-refractivity contribution in [3.05, 3.63) is 47.8 Å². The largest absolute Gasteiger partial charge is 0.494 e. The van der Waals surface area contributed by atoms with Crippen LogP contribution in [0.1, 0.15) is 76.9 Å². The second-order valence-electron chi connectivity index (χ2n) is 10.7. The molecule has 218 valence electrons. The van der Waals surface area contributed by atoms with Crippen molar-refractivity contribution in [2.24, 2.45) is 0 Å². The first-order valence-electron chi connectivity index (χ1n) is 13.2. The summed E-state index contributed by atoms with van der Waals surface area (Å²) in [4.78, 5) is 8.69. The Morgan fingerprint density at radius 3 is 2.23 bits per heavy atom. The molecule has 1 saturated heterocycles. The molecule has 1 aliphatic rings. The number of rotatable bonds is 11. The van der Waals surface area contributed by atoms with Crippen molar-refractivity contribution in [3.63, 3.8) is 0 Å². The number of para-hydroxylation sites is 1.